The predicted molar refractivity (Wildman–Crippen MR) is 100 cm³/mol. The molecule has 0 spiro atoms. The second kappa shape index (κ2) is 7.43. The number of methoxy groups -OCH3 is 2. The molecule has 3 aliphatic rings. The molecule has 10 heteroatoms. The van der Waals surface area contributed by atoms with Gasteiger partial charge in [0.25, 0.3) is 0 Å². The Morgan fingerprint density at radius 1 is 0.727 bits per heavy atom. The number of ether oxygens (including phenoxy) is 2. The van der Waals surface area contributed by atoms with Crippen molar-refractivity contribution >= 4 is 82.5 Å². The summed E-state index contributed by atoms with van der Waals surface area (Å²) in [6, 6.07) is 0. The second-order valence-electron chi connectivity index (χ2n) is 3.90. The maximum atomic E-state index is 11.9. The van der Waals surface area contributed by atoms with Gasteiger partial charge < -0.3 is 9.47 Å². The molecule has 0 saturated carbocycles. The molecule has 0 unspecified atom stereocenters. The van der Waals surface area contributed by atoms with Crippen molar-refractivity contribution in [2.24, 2.45) is 0 Å². The molecule has 118 valence electrons. The van der Waals surface area contributed by atoms with E-state index in [0.29, 0.717) is 9.81 Å². The largest absolute Gasteiger partial charge is 0.465 e. The van der Waals surface area contributed by atoms with E-state index >= 15 is 0 Å². The summed E-state index contributed by atoms with van der Waals surface area (Å²) in [7, 11) is 2.63. The van der Waals surface area contributed by atoms with Crippen molar-refractivity contribution in [1.82, 2.24) is 0 Å². The number of thioether (sulfide) groups is 6. The normalized spacial score (nSPS) is 21.4. The Morgan fingerprint density at radius 3 is 1.55 bits per heavy atom. The zero-order chi connectivity index (χ0) is 15.7. The fourth-order valence-electron chi connectivity index (χ4n) is 1.64. The molecule has 0 saturated heterocycles. The van der Waals surface area contributed by atoms with E-state index in [9.17, 15) is 9.59 Å². The Balaban J connectivity index is 1.84. The van der Waals surface area contributed by atoms with Crippen molar-refractivity contribution in [3.05, 3.63) is 26.8 Å². The highest BCUT2D eigenvalue weighted by Crippen LogP contribution is 2.64. The van der Waals surface area contributed by atoms with Crippen LogP contribution in [0.3, 0.4) is 0 Å². The molecule has 0 atom stereocenters. The summed E-state index contributed by atoms with van der Waals surface area (Å²) >= 11 is 9.79. The van der Waals surface area contributed by atoms with Crippen molar-refractivity contribution in [3.63, 3.8) is 0 Å². The molecule has 3 aliphatic heterocycles. The maximum Gasteiger partial charge on any atom is 0.346 e. The van der Waals surface area contributed by atoms with E-state index in [1.54, 1.807) is 23.5 Å². The van der Waals surface area contributed by atoms with Crippen LogP contribution in [0.2, 0.25) is 0 Å². The van der Waals surface area contributed by atoms with Crippen molar-refractivity contribution in [2.45, 2.75) is 0 Å². The fraction of sp³-hybridized carbons (Fsp3) is 0.333. The molecule has 0 N–H and O–H groups in total. The monoisotopic (exact) mass is 410 g/mol. The topological polar surface area (TPSA) is 52.6 Å². The van der Waals surface area contributed by atoms with Crippen LogP contribution in [0, 0.1) is 0 Å². The lowest BCUT2D eigenvalue weighted by molar-refractivity contribution is -0.138. The third-order valence-electron chi connectivity index (χ3n) is 2.59. The zero-order valence-electron chi connectivity index (χ0n) is 11.5. The Bertz CT molecular complexity index is 586. The highest BCUT2D eigenvalue weighted by Gasteiger charge is 2.36. The van der Waals surface area contributed by atoms with Gasteiger partial charge in [0.2, 0.25) is 0 Å². The molecule has 22 heavy (non-hydrogen) atoms. The van der Waals surface area contributed by atoms with Crippen molar-refractivity contribution in [1.29, 1.82) is 0 Å². The Labute approximate surface area is 153 Å². The minimum absolute atomic E-state index is 0.313. The molecule has 0 bridgehead atoms. The third-order valence-corrected chi connectivity index (χ3v) is 11.5. The molecule has 3 rings (SSSR count). The summed E-state index contributed by atoms with van der Waals surface area (Å²) in [6.07, 6.45) is 0. The molecular weight excluding hydrogens is 401 g/mol. The molecule has 0 aromatic rings. The van der Waals surface area contributed by atoms with Crippen LogP contribution < -0.4 is 0 Å². The Hall–Kier alpha value is 0.260. The maximum absolute atomic E-state index is 11.9. The minimum atomic E-state index is -0.497. The summed E-state index contributed by atoms with van der Waals surface area (Å²) < 4.78 is 14.3. The van der Waals surface area contributed by atoms with Crippen LogP contribution in [-0.2, 0) is 19.1 Å². The number of carbonyl (C=O) groups excluding carboxylic acids is 2. The average Bonchev–Trinajstić information content (AvgIpc) is 3.17. The van der Waals surface area contributed by atoms with Crippen LogP contribution >= 0.6 is 70.6 Å². The van der Waals surface area contributed by atoms with E-state index in [1.165, 1.54) is 46.2 Å². The van der Waals surface area contributed by atoms with Gasteiger partial charge in [-0.15, -0.1) is 23.5 Å². The molecule has 3 heterocycles. The van der Waals surface area contributed by atoms with Gasteiger partial charge in [0.05, 0.1) is 31.2 Å². The molecule has 0 fully saturated rings. The van der Waals surface area contributed by atoms with Gasteiger partial charge in [-0.3, -0.25) is 0 Å². The van der Waals surface area contributed by atoms with Gasteiger partial charge in [-0.05, 0) is 0 Å². The summed E-state index contributed by atoms with van der Waals surface area (Å²) in [4.78, 5) is 24.4. The van der Waals surface area contributed by atoms with Crippen molar-refractivity contribution in [2.75, 3.05) is 25.7 Å². The van der Waals surface area contributed by atoms with E-state index in [2.05, 4.69) is 0 Å². The lowest BCUT2D eigenvalue weighted by Gasteiger charge is -2.08. The zero-order valence-corrected chi connectivity index (χ0v) is 16.4. The van der Waals surface area contributed by atoms with Gasteiger partial charge in [-0.1, -0.05) is 47.0 Å². The molecule has 0 aromatic heterocycles. The summed E-state index contributed by atoms with van der Waals surface area (Å²) in [5.74, 6) is 1.25. The first-order valence-corrected chi connectivity index (χ1v) is 11.2. The van der Waals surface area contributed by atoms with E-state index in [0.717, 1.165) is 20.0 Å². The quantitative estimate of drug-likeness (QED) is 0.618. The van der Waals surface area contributed by atoms with Gasteiger partial charge in [0.1, 0.15) is 9.81 Å². The van der Waals surface area contributed by atoms with Gasteiger partial charge in [0.15, 0.2) is 0 Å². The van der Waals surface area contributed by atoms with Gasteiger partial charge >= 0.3 is 11.9 Å². The molecule has 4 nitrogen and oxygen atoms in total. The number of esters is 2. The SMILES string of the molecule is COC(=O)C1=C(C(=O)OC)SC(=C2SC3=C(SCCS3)S2)S1. The smallest absolute Gasteiger partial charge is 0.346 e. The van der Waals surface area contributed by atoms with E-state index < -0.39 is 11.9 Å². The van der Waals surface area contributed by atoms with Crippen LogP contribution in [0.4, 0.5) is 0 Å². The standard InChI is InChI=1S/C12H10O4S6/c1-15-7(13)5-6(8(14)16-2)20-11(19-5)12-21-9-10(22-12)18-4-3-17-9/h3-4H2,1-2H3. The second-order valence-corrected chi connectivity index (χ2v) is 11.2. The predicted octanol–water partition coefficient (Wildman–Crippen LogP) is 4.24. The molecule has 0 aromatic carbocycles. The first-order valence-electron chi connectivity index (χ1n) is 6.00. The van der Waals surface area contributed by atoms with E-state index in [-0.39, 0.29) is 0 Å². The lowest BCUT2D eigenvalue weighted by Crippen LogP contribution is -2.08. The van der Waals surface area contributed by atoms with Gasteiger partial charge in [0, 0.05) is 11.5 Å². The van der Waals surface area contributed by atoms with E-state index in [1.807, 2.05) is 23.5 Å². The Morgan fingerprint density at radius 2 is 1.14 bits per heavy atom. The first kappa shape index (κ1) is 17.1. The summed E-state index contributed by atoms with van der Waals surface area (Å²) in [5, 5.41) is 0. The Kier molecular flexibility index (Phi) is 5.78. The number of carbonyl (C=O) groups is 2. The number of hydrogen-bond acceptors (Lipinski definition) is 10. The van der Waals surface area contributed by atoms with Crippen LogP contribution in [-0.4, -0.2) is 37.7 Å². The van der Waals surface area contributed by atoms with Crippen LogP contribution in [0.15, 0.2) is 26.8 Å². The third kappa shape index (κ3) is 3.36. The molecular formula is C12H10O4S6. The van der Waals surface area contributed by atoms with Gasteiger partial charge in [-0.2, -0.15) is 0 Å². The summed E-state index contributed by atoms with van der Waals surface area (Å²) in [5.41, 5.74) is 0. The van der Waals surface area contributed by atoms with Crippen LogP contribution in [0.1, 0.15) is 0 Å². The van der Waals surface area contributed by atoms with Crippen LogP contribution in [0.25, 0.3) is 0 Å². The highest BCUT2D eigenvalue weighted by molar-refractivity contribution is 8.43. The summed E-state index contributed by atoms with van der Waals surface area (Å²) in [6.45, 7) is 0. The number of rotatable bonds is 2. The highest BCUT2D eigenvalue weighted by atomic mass is 32.3. The molecule has 0 aliphatic carbocycles. The first-order chi connectivity index (χ1) is 10.6. The average molecular weight is 411 g/mol. The lowest BCUT2D eigenvalue weighted by atomic mass is 10.5. The van der Waals surface area contributed by atoms with Crippen molar-refractivity contribution in [3.8, 4) is 0 Å². The fourth-order valence-corrected chi connectivity index (χ4v) is 10.4. The minimum Gasteiger partial charge on any atom is -0.465 e. The van der Waals surface area contributed by atoms with Crippen LogP contribution in [0.5, 0.6) is 0 Å². The van der Waals surface area contributed by atoms with Gasteiger partial charge in [-0.25, -0.2) is 9.59 Å². The van der Waals surface area contributed by atoms with Crippen molar-refractivity contribution < 1.29 is 19.1 Å². The molecule has 0 radical (unpaired) electrons. The number of hydrogen-bond donors (Lipinski definition) is 0. The molecule has 0 amide bonds. The van der Waals surface area contributed by atoms with E-state index in [4.69, 9.17) is 9.47 Å².